The lowest BCUT2D eigenvalue weighted by molar-refractivity contribution is 0.832. The van der Waals surface area contributed by atoms with E-state index in [2.05, 4.69) is 45.0 Å². The zero-order valence-corrected chi connectivity index (χ0v) is 13.2. The van der Waals surface area contributed by atoms with Crippen LogP contribution < -0.4 is 5.32 Å². The second kappa shape index (κ2) is 5.06. The molecule has 3 aromatic heterocycles. The Balaban J connectivity index is 1.66. The average Bonchev–Trinajstić information content (AvgIpc) is 3.10. The lowest BCUT2D eigenvalue weighted by Crippen LogP contribution is -2.07. The van der Waals surface area contributed by atoms with Crippen molar-refractivity contribution in [2.75, 3.05) is 5.32 Å². The Morgan fingerprint density at radius 3 is 3.05 bits per heavy atom. The molecule has 0 unspecified atom stereocenters. The number of rotatable bonds is 3. The quantitative estimate of drug-likeness (QED) is 0.629. The molecule has 1 N–H and O–H groups in total. The van der Waals surface area contributed by atoms with Gasteiger partial charge in [-0.3, -0.25) is 0 Å². The van der Waals surface area contributed by atoms with Gasteiger partial charge >= 0.3 is 0 Å². The molecule has 0 radical (unpaired) electrons. The van der Waals surface area contributed by atoms with Gasteiger partial charge in [-0.05, 0) is 36.1 Å². The summed E-state index contributed by atoms with van der Waals surface area (Å²) in [5.41, 5.74) is 3.40. The summed E-state index contributed by atoms with van der Waals surface area (Å²) in [5.74, 6) is 1.84. The molecule has 0 spiro atoms. The topological polar surface area (TPSA) is 55.6 Å². The van der Waals surface area contributed by atoms with E-state index >= 15 is 0 Å². The van der Waals surface area contributed by atoms with E-state index in [0.29, 0.717) is 6.54 Å². The Labute approximate surface area is 131 Å². The summed E-state index contributed by atoms with van der Waals surface area (Å²) < 4.78 is 2.12. The fourth-order valence-electron chi connectivity index (χ4n) is 2.61. The van der Waals surface area contributed by atoms with Gasteiger partial charge in [0.05, 0.1) is 23.0 Å². The van der Waals surface area contributed by atoms with Crippen molar-refractivity contribution in [1.82, 2.24) is 19.5 Å². The van der Waals surface area contributed by atoms with Gasteiger partial charge in [-0.15, -0.1) is 11.3 Å². The maximum absolute atomic E-state index is 4.72. The van der Waals surface area contributed by atoms with E-state index < -0.39 is 0 Å². The summed E-state index contributed by atoms with van der Waals surface area (Å²) in [6.07, 6.45) is 1.60. The molecule has 3 heterocycles. The number of benzene rings is 1. The van der Waals surface area contributed by atoms with Gasteiger partial charge in [0, 0.05) is 7.05 Å². The molecule has 110 valence electrons. The summed E-state index contributed by atoms with van der Waals surface area (Å²) in [7, 11) is 2.04. The van der Waals surface area contributed by atoms with E-state index in [9.17, 15) is 0 Å². The highest BCUT2D eigenvalue weighted by atomic mass is 32.1. The molecule has 0 atom stereocenters. The number of anilines is 1. The predicted molar refractivity (Wildman–Crippen MR) is 90.2 cm³/mol. The van der Waals surface area contributed by atoms with E-state index in [4.69, 9.17) is 4.98 Å². The van der Waals surface area contributed by atoms with Crippen molar-refractivity contribution < 1.29 is 0 Å². The van der Waals surface area contributed by atoms with Gasteiger partial charge in [0.1, 0.15) is 22.8 Å². The van der Waals surface area contributed by atoms with E-state index in [0.717, 1.165) is 32.9 Å². The van der Waals surface area contributed by atoms with Crippen LogP contribution in [0.5, 0.6) is 0 Å². The predicted octanol–water partition coefficient (Wildman–Crippen LogP) is 3.50. The van der Waals surface area contributed by atoms with Gasteiger partial charge < -0.3 is 9.88 Å². The smallest absolute Gasteiger partial charge is 0.138 e. The number of thiophene rings is 1. The molecule has 0 aliphatic rings. The number of aryl methyl sites for hydroxylation is 2. The van der Waals surface area contributed by atoms with Crippen LogP contribution in [0.15, 0.2) is 36.0 Å². The van der Waals surface area contributed by atoms with E-state index in [1.54, 1.807) is 17.7 Å². The van der Waals surface area contributed by atoms with Crippen molar-refractivity contribution in [3.05, 3.63) is 47.4 Å². The molecule has 0 saturated carbocycles. The van der Waals surface area contributed by atoms with Crippen LogP contribution in [0.2, 0.25) is 0 Å². The van der Waals surface area contributed by atoms with Crippen LogP contribution >= 0.6 is 11.3 Å². The third-order valence-electron chi connectivity index (χ3n) is 3.80. The van der Waals surface area contributed by atoms with Crippen molar-refractivity contribution in [1.29, 1.82) is 0 Å². The number of fused-ring (bicyclic) bond motifs is 2. The van der Waals surface area contributed by atoms with Gasteiger partial charge in [0.2, 0.25) is 0 Å². The molecular formula is C16H15N5S. The third-order valence-corrected chi connectivity index (χ3v) is 4.63. The van der Waals surface area contributed by atoms with Gasteiger partial charge in [0.25, 0.3) is 0 Å². The molecule has 22 heavy (non-hydrogen) atoms. The van der Waals surface area contributed by atoms with Crippen LogP contribution in [-0.2, 0) is 13.6 Å². The minimum Gasteiger partial charge on any atom is -0.362 e. The van der Waals surface area contributed by atoms with Crippen molar-refractivity contribution in [2.24, 2.45) is 7.05 Å². The summed E-state index contributed by atoms with van der Waals surface area (Å²) >= 11 is 1.62. The molecule has 0 aliphatic carbocycles. The first-order chi connectivity index (χ1) is 10.7. The Kier molecular flexibility index (Phi) is 3.04. The second-order valence-electron chi connectivity index (χ2n) is 5.29. The number of nitrogens with zero attached hydrogens (tertiary/aromatic N) is 4. The highest BCUT2D eigenvalue weighted by molar-refractivity contribution is 7.16. The number of imidazole rings is 1. The second-order valence-corrected chi connectivity index (χ2v) is 6.19. The number of hydrogen-bond donors (Lipinski definition) is 1. The summed E-state index contributed by atoms with van der Waals surface area (Å²) in [5, 5.41) is 6.47. The van der Waals surface area contributed by atoms with Gasteiger partial charge in [-0.25, -0.2) is 15.0 Å². The highest BCUT2D eigenvalue weighted by Crippen LogP contribution is 2.24. The van der Waals surface area contributed by atoms with Crippen LogP contribution in [0.3, 0.4) is 0 Å². The summed E-state index contributed by atoms with van der Waals surface area (Å²) in [6.45, 7) is 2.71. The Hall–Kier alpha value is -2.47. The molecular weight excluding hydrogens is 294 g/mol. The molecule has 6 heteroatoms. The fraction of sp³-hybridized carbons (Fsp3) is 0.188. The normalized spacial score (nSPS) is 11.4. The Morgan fingerprint density at radius 2 is 2.14 bits per heavy atom. The van der Waals surface area contributed by atoms with Crippen molar-refractivity contribution >= 4 is 38.4 Å². The minimum absolute atomic E-state index is 0.631. The Morgan fingerprint density at radius 1 is 1.23 bits per heavy atom. The van der Waals surface area contributed by atoms with E-state index in [1.807, 2.05) is 18.5 Å². The Bertz CT molecular complexity index is 969. The maximum atomic E-state index is 4.72. The SMILES string of the molecule is Cc1ccc2c(c1)nc(CNc1ncnc3sccc13)n2C. The number of nitrogens with one attached hydrogen (secondary N) is 1. The fourth-order valence-corrected chi connectivity index (χ4v) is 3.34. The van der Waals surface area contributed by atoms with Gasteiger partial charge in [0.15, 0.2) is 0 Å². The molecule has 4 rings (SSSR count). The zero-order chi connectivity index (χ0) is 15.1. The van der Waals surface area contributed by atoms with Crippen LogP contribution in [0.25, 0.3) is 21.3 Å². The van der Waals surface area contributed by atoms with Crippen molar-refractivity contribution in [3.63, 3.8) is 0 Å². The largest absolute Gasteiger partial charge is 0.362 e. The number of hydrogen-bond acceptors (Lipinski definition) is 5. The average molecular weight is 309 g/mol. The molecule has 5 nitrogen and oxygen atoms in total. The first-order valence-corrected chi connectivity index (χ1v) is 7.94. The standard InChI is InChI=1S/C16H15N5S/c1-10-3-4-13-12(7-10)20-14(21(13)2)8-17-15-11-5-6-22-16(11)19-9-18-15/h3-7,9H,8H2,1-2H3,(H,17,18,19). The lowest BCUT2D eigenvalue weighted by atomic mass is 10.2. The first-order valence-electron chi connectivity index (χ1n) is 7.06. The van der Waals surface area contributed by atoms with Crippen LogP contribution in [0.4, 0.5) is 5.82 Å². The minimum atomic E-state index is 0.631. The van der Waals surface area contributed by atoms with Gasteiger partial charge in [-0.2, -0.15) is 0 Å². The molecule has 0 amide bonds. The van der Waals surface area contributed by atoms with Crippen LogP contribution in [0, 0.1) is 6.92 Å². The number of aromatic nitrogens is 4. The molecule has 0 bridgehead atoms. The maximum Gasteiger partial charge on any atom is 0.138 e. The van der Waals surface area contributed by atoms with Crippen molar-refractivity contribution in [3.8, 4) is 0 Å². The summed E-state index contributed by atoms with van der Waals surface area (Å²) in [6, 6.07) is 8.38. The first kappa shape index (κ1) is 13.2. The molecule has 1 aromatic carbocycles. The van der Waals surface area contributed by atoms with Crippen LogP contribution in [0.1, 0.15) is 11.4 Å². The van der Waals surface area contributed by atoms with E-state index in [1.165, 1.54) is 5.56 Å². The van der Waals surface area contributed by atoms with E-state index in [-0.39, 0.29) is 0 Å². The highest BCUT2D eigenvalue weighted by Gasteiger charge is 2.09. The molecule has 0 saturated heterocycles. The van der Waals surface area contributed by atoms with Crippen molar-refractivity contribution in [2.45, 2.75) is 13.5 Å². The lowest BCUT2D eigenvalue weighted by Gasteiger charge is -2.06. The molecule has 0 fully saturated rings. The van der Waals surface area contributed by atoms with Gasteiger partial charge in [-0.1, -0.05) is 6.07 Å². The third kappa shape index (κ3) is 2.12. The molecule has 4 aromatic rings. The monoisotopic (exact) mass is 309 g/mol. The molecule has 0 aliphatic heterocycles. The summed E-state index contributed by atoms with van der Waals surface area (Å²) in [4.78, 5) is 14.3. The van der Waals surface area contributed by atoms with Crippen LogP contribution in [-0.4, -0.2) is 19.5 Å². The zero-order valence-electron chi connectivity index (χ0n) is 12.4.